The van der Waals surface area contributed by atoms with Crippen molar-refractivity contribution in [3.63, 3.8) is 0 Å². The van der Waals surface area contributed by atoms with Crippen LogP contribution in [0.25, 0.3) is 0 Å². The van der Waals surface area contributed by atoms with Crippen LogP contribution in [0.1, 0.15) is 58.2 Å². The number of rotatable bonds is 5. The maximum atomic E-state index is 14.5. The van der Waals surface area contributed by atoms with Gasteiger partial charge in [-0.15, -0.1) is 0 Å². The second-order valence-electron chi connectivity index (χ2n) is 6.43. The summed E-state index contributed by atoms with van der Waals surface area (Å²) < 4.78 is 47.6. The van der Waals surface area contributed by atoms with E-state index in [2.05, 4.69) is 5.32 Å². The molecule has 1 atom stereocenters. The second kappa shape index (κ2) is 7.23. The zero-order valence-corrected chi connectivity index (χ0v) is 14.4. The summed E-state index contributed by atoms with van der Waals surface area (Å²) in [5.41, 5.74) is -1.89. The predicted molar refractivity (Wildman–Crippen MR) is 83.4 cm³/mol. The van der Waals surface area contributed by atoms with Crippen molar-refractivity contribution in [1.82, 2.24) is 5.32 Å². The van der Waals surface area contributed by atoms with Crippen LogP contribution in [0.4, 0.5) is 18.0 Å². The van der Waals surface area contributed by atoms with E-state index in [-0.39, 0.29) is 5.56 Å². The summed E-state index contributed by atoms with van der Waals surface area (Å²) in [5.74, 6) is -6.50. The van der Waals surface area contributed by atoms with Crippen LogP contribution in [0.15, 0.2) is 18.2 Å². The van der Waals surface area contributed by atoms with Crippen LogP contribution in [0, 0.1) is 5.82 Å². The van der Waals surface area contributed by atoms with Gasteiger partial charge in [0.1, 0.15) is 11.4 Å². The number of benzene rings is 1. The summed E-state index contributed by atoms with van der Waals surface area (Å²) in [7, 11) is 0. The van der Waals surface area contributed by atoms with Gasteiger partial charge in [0.05, 0.1) is 11.6 Å². The lowest BCUT2D eigenvalue weighted by Crippen LogP contribution is -2.34. The maximum Gasteiger partial charge on any atom is 0.408 e. The van der Waals surface area contributed by atoms with E-state index in [9.17, 15) is 22.8 Å². The topological polar surface area (TPSA) is 55.4 Å². The van der Waals surface area contributed by atoms with Gasteiger partial charge in [0.2, 0.25) is 5.78 Å². The molecule has 0 radical (unpaired) electrons. The molecule has 1 unspecified atom stereocenters. The van der Waals surface area contributed by atoms with Gasteiger partial charge in [-0.3, -0.25) is 4.79 Å². The number of hydrogen-bond donors (Lipinski definition) is 1. The number of halogens is 3. The molecule has 0 aliphatic heterocycles. The molecule has 0 fully saturated rings. The normalized spacial score (nSPS) is 13.3. The van der Waals surface area contributed by atoms with Gasteiger partial charge in [-0.25, -0.2) is 9.18 Å². The fraction of sp³-hybridized carbons (Fsp3) is 0.529. The van der Waals surface area contributed by atoms with E-state index in [1.165, 1.54) is 26.0 Å². The van der Waals surface area contributed by atoms with E-state index in [0.29, 0.717) is 0 Å². The standard InChI is InChI=1S/C17H22F3NO3/c1-6-13(22)17(19,20)12-9-7-8-11(14(12)18)10(2)21-15(23)24-16(3,4)5/h7-10H,6H2,1-5H3,(H,21,23). The van der Waals surface area contributed by atoms with Crippen molar-refractivity contribution in [3.8, 4) is 0 Å². The lowest BCUT2D eigenvalue weighted by atomic mass is 9.97. The average molecular weight is 345 g/mol. The van der Waals surface area contributed by atoms with Crippen LogP contribution in [0.5, 0.6) is 0 Å². The number of alkyl carbamates (subject to hydrolysis) is 1. The number of ketones is 1. The van der Waals surface area contributed by atoms with Crippen molar-refractivity contribution in [3.05, 3.63) is 35.1 Å². The SMILES string of the molecule is CCC(=O)C(F)(F)c1cccc(C(C)NC(=O)OC(C)(C)C)c1F. The molecule has 4 nitrogen and oxygen atoms in total. The van der Waals surface area contributed by atoms with E-state index in [1.807, 2.05) is 0 Å². The smallest absolute Gasteiger partial charge is 0.408 e. The first kappa shape index (κ1) is 20.0. The average Bonchev–Trinajstić information content (AvgIpc) is 2.43. The van der Waals surface area contributed by atoms with Gasteiger partial charge in [-0.1, -0.05) is 19.1 Å². The summed E-state index contributed by atoms with van der Waals surface area (Å²) >= 11 is 0. The molecule has 0 heterocycles. The Balaban J connectivity index is 3.08. The molecule has 0 saturated heterocycles. The zero-order chi connectivity index (χ0) is 18.7. The first-order valence-electron chi connectivity index (χ1n) is 7.59. The summed E-state index contributed by atoms with van der Waals surface area (Å²) in [5, 5.41) is 2.38. The number of amides is 1. The first-order chi connectivity index (χ1) is 10.9. The molecule has 0 bridgehead atoms. The van der Waals surface area contributed by atoms with Crippen LogP contribution in [0.3, 0.4) is 0 Å². The Kier molecular flexibility index (Phi) is 6.03. The quantitative estimate of drug-likeness (QED) is 0.856. The minimum atomic E-state index is -3.92. The number of carbonyl (C=O) groups is 2. The summed E-state index contributed by atoms with van der Waals surface area (Å²) in [6.07, 6.45) is -1.21. The minimum absolute atomic E-state index is 0.151. The van der Waals surface area contributed by atoms with E-state index in [4.69, 9.17) is 4.74 Å². The highest BCUT2D eigenvalue weighted by atomic mass is 19.3. The molecule has 1 N–H and O–H groups in total. The molecule has 1 amide bonds. The van der Waals surface area contributed by atoms with Crippen molar-refractivity contribution in [2.24, 2.45) is 0 Å². The number of ether oxygens (including phenoxy) is 1. The Morgan fingerprint density at radius 3 is 2.33 bits per heavy atom. The highest BCUT2D eigenvalue weighted by Gasteiger charge is 2.42. The second-order valence-corrected chi connectivity index (χ2v) is 6.43. The minimum Gasteiger partial charge on any atom is -0.444 e. The molecule has 1 aromatic carbocycles. The van der Waals surface area contributed by atoms with Gasteiger partial charge in [-0.05, 0) is 33.8 Å². The van der Waals surface area contributed by atoms with Crippen LogP contribution < -0.4 is 5.32 Å². The molecular weight excluding hydrogens is 323 g/mol. The van der Waals surface area contributed by atoms with Gasteiger partial charge >= 0.3 is 12.0 Å². The monoisotopic (exact) mass is 345 g/mol. The Hall–Kier alpha value is -2.05. The van der Waals surface area contributed by atoms with Crippen LogP contribution in [0.2, 0.25) is 0 Å². The number of alkyl halides is 2. The molecule has 0 aliphatic rings. The van der Waals surface area contributed by atoms with E-state index < -0.39 is 47.2 Å². The van der Waals surface area contributed by atoms with Crippen LogP contribution in [-0.4, -0.2) is 17.5 Å². The lowest BCUT2D eigenvalue weighted by Gasteiger charge is -2.23. The molecule has 0 aromatic heterocycles. The first-order valence-corrected chi connectivity index (χ1v) is 7.59. The summed E-state index contributed by atoms with van der Waals surface area (Å²) in [4.78, 5) is 23.1. The number of carbonyl (C=O) groups excluding carboxylic acids is 2. The molecule has 7 heteroatoms. The highest BCUT2D eigenvalue weighted by Crippen LogP contribution is 2.34. The van der Waals surface area contributed by atoms with Gasteiger partial charge in [0, 0.05) is 12.0 Å². The third-order valence-corrected chi connectivity index (χ3v) is 3.24. The molecule has 134 valence electrons. The van der Waals surface area contributed by atoms with Crippen molar-refractivity contribution in [1.29, 1.82) is 0 Å². The van der Waals surface area contributed by atoms with E-state index in [1.54, 1.807) is 20.8 Å². The number of hydrogen-bond acceptors (Lipinski definition) is 3. The van der Waals surface area contributed by atoms with Gasteiger partial charge in [0.15, 0.2) is 0 Å². The molecule has 0 aliphatic carbocycles. The lowest BCUT2D eigenvalue weighted by molar-refractivity contribution is -0.144. The molecule has 0 saturated carbocycles. The van der Waals surface area contributed by atoms with Crippen molar-refractivity contribution in [2.45, 2.75) is 58.6 Å². The number of Topliss-reactive ketones (excluding diaryl/α,β-unsaturated/α-hetero) is 1. The predicted octanol–water partition coefficient (Wildman–Crippen LogP) is 4.48. The fourth-order valence-corrected chi connectivity index (χ4v) is 2.06. The van der Waals surface area contributed by atoms with Gasteiger partial charge in [-0.2, -0.15) is 8.78 Å². The van der Waals surface area contributed by atoms with Crippen LogP contribution in [-0.2, 0) is 15.5 Å². The van der Waals surface area contributed by atoms with Crippen molar-refractivity contribution >= 4 is 11.9 Å². The highest BCUT2D eigenvalue weighted by molar-refractivity contribution is 5.86. The molecule has 24 heavy (non-hydrogen) atoms. The summed E-state index contributed by atoms with van der Waals surface area (Å²) in [6, 6.07) is 2.45. The Morgan fingerprint density at radius 1 is 1.25 bits per heavy atom. The molecular formula is C17H22F3NO3. The van der Waals surface area contributed by atoms with Gasteiger partial charge < -0.3 is 10.1 Å². The number of nitrogens with one attached hydrogen (secondary N) is 1. The zero-order valence-electron chi connectivity index (χ0n) is 14.4. The third kappa shape index (κ3) is 4.72. The molecule has 1 rings (SSSR count). The largest absolute Gasteiger partial charge is 0.444 e. The summed E-state index contributed by atoms with van der Waals surface area (Å²) in [6.45, 7) is 7.71. The van der Waals surface area contributed by atoms with Crippen molar-refractivity contribution < 1.29 is 27.5 Å². The molecule has 0 spiro atoms. The Labute approximate surface area is 139 Å². The fourth-order valence-electron chi connectivity index (χ4n) is 2.06. The van der Waals surface area contributed by atoms with E-state index >= 15 is 0 Å². The Morgan fingerprint density at radius 2 is 1.83 bits per heavy atom. The van der Waals surface area contributed by atoms with Crippen LogP contribution >= 0.6 is 0 Å². The third-order valence-electron chi connectivity index (χ3n) is 3.24. The Bertz CT molecular complexity index is 624. The molecule has 1 aromatic rings. The van der Waals surface area contributed by atoms with Gasteiger partial charge in [0.25, 0.3) is 0 Å². The van der Waals surface area contributed by atoms with E-state index in [0.717, 1.165) is 6.07 Å². The maximum absolute atomic E-state index is 14.5. The van der Waals surface area contributed by atoms with Crippen molar-refractivity contribution in [2.75, 3.05) is 0 Å².